The van der Waals surface area contributed by atoms with Crippen molar-refractivity contribution in [3.8, 4) is 0 Å². The van der Waals surface area contributed by atoms with Gasteiger partial charge in [-0.1, -0.05) is 0 Å². The first kappa shape index (κ1) is 10.8. The lowest BCUT2D eigenvalue weighted by molar-refractivity contribution is -0.280. The van der Waals surface area contributed by atoms with E-state index in [1.54, 1.807) is 0 Å². The van der Waals surface area contributed by atoms with Crippen molar-refractivity contribution in [3.05, 3.63) is 0 Å². The lowest BCUT2D eigenvalue weighted by atomic mass is 10.0. The van der Waals surface area contributed by atoms with Gasteiger partial charge in [0.15, 0.2) is 12.4 Å². The lowest BCUT2D eigenvalue weighted by Crippen LogP contribution is -2.52. The van der Waals surface area contributed by atoms with Gasteiger partial charge in [-0.2, -0.15) is 5.11 Å². The van der Waals surface area contributed by atoms with E-state index in [1.165, 1.54) is 0 Å². The van der Waals surface area contributed by atoms with Gasteiger partial charge in [0, 0.05) is 0 Å². The fourth-order valence-electron chi connectivity index (χ4n) is 1.16. The third-order valence-corrected chi connectivity index (χ3v) is 1.92. The molecule has 1 aliphatic heterocycles. The molecule has 1 rings (SSSR count). The minimum absolute atomic E-state index is 0.811. The SMILES string of the molecule is [O][C@]1(O)[C@@H]([C@H](O)CO)OC(O)[C@@H]1O. The first-order valence-electron chi connectivity index (χ1n) is 3.64. The summed E-state index contributed by atoms with van der Waals surface area (Å²) in [7, 11) is 0. The Bertz CT molecular complexity index is 182. The Hall–Kier alpha value is -0.280. The molecule has 5 N–H and O–H groups in total. The quantitative estimate of drug-likeness (QED) is 0.291. The highest BCUT2D eigenvalue weighted by Crippen LogP contribution is 2.30. The third kappa shape index (κ3) is 1.67. The topological polar surface area (TPSA) is 130 Å². The van der Waals surface area contributed by atoms with E-state index >= 15 is 0 Å². The molecule has 77 valence electrons. The van der Waals surface area contributed by atoms with Crippen LogP contribution in [0.2, 0.25) is 0 Å². The maximum absolute atomic E-state index is 11.1. The maximum atomic E-state index is 11.1. The summed E-state index contributed by atoms with van der Waals surface area (Å²) in [5, 5.41) is 55.3. The summed E-state index contributed by atoms with van der Waals surface area (Å²) in [5.74, 6) is -3.01. The average Bonchev–Trinajstić information content (AvgIpc) is 2.28. The molecule has 0 bridgehead atoms. The van der Waals surface area contributed by atoms with Crippen molar-refractivity contribution in [3.63, 3.8) is 0 Å². The summed E-state index contributed by atoms with van der Waals surface area (Å²) in [6.45, 7) is -0.811. The van der Waals surface area contributed by atoms with Crippen molar-refractivity contribution in [1.29, 1.82) is 0 Å². The zero-order chi connectivity index (χ0) is 10.2. The zero-order valence-corrected chi connectivity index (χ0v) is 6.57. The van der Waals surface area contributed by atoms with Crippen LogP contribution >= 0.6 is 0 Å². The van der Waals surface area contributed by atoms with Crippen molar-refractivity contribution < 1.29 is 35.4 Å². The van der Waals surface area contributed by atoms with E-state index in [2.05, 4.69) is 4.74 Å². The molecule has 1 unspecified atom stereocenters. The van der Waals surface area contributed by atoms with Crippen LogP contribution in [0, 0.1) is 0 Å². The molecule has 0 aliphatic carbocycles. The molecule has 0 spiro atoms. The highest BCUT2D eigenvalue weighted by atomic mass is 16.7. The molecule has 0 amide bonds. The predicted octanol–water partition coefficient (Wildman–Crippen LogP) is -3.46. The zero-order valence-electron chi connectivity index (χ0n) is 6.57. The van der Waals surface area contributed by atoms with Crippen LogP contribution in [0.15, 0.2) is 0 Å². The smallest absolute Gasteiger partial charge is 0.259 e. The number of aliphatic hydroxyl groups excluding tert-OH is 4. The third-order valence-electron chi connectivity index (χ3n) is 1.92. The van der Waals surface area contributed by atoms with Crippen LogP contribution in [-0.2, 0) is 9.84 Å². The van der Waals surface area contributed by atoms with E-state index in [4.69, 9.17) is 25.5 Å². The van der Waals surface area contributed by atoms with Crippen molar-refractivity contribution in [2.45, 2.75) is 30.4 Å². The molecule has 0 saturated carbocycles. The molecule has 1 aliphatic rings. The van der Waals surface area contributed by atoms with Crippen molar-refractivity contribution in [2.24, 2.45) is 0 Å². The molecule has 0 aromatic carbocycles. The van der Waals surface area contributed by atoms with Crippen LogP contribution in [0.1, 0.15) is 0 Å². The van der Waals surface area contributed by atoms with Crippen LogP contribution in [0.3, 0.4) is 0 Å². The standard InChI is InChI=1S/C6H11O7/c7-1-2(8)4-6(11,12)3(9)5(10)13-4/h2-5,7-11H,1H2/t2-,3+,4-,5?,6+/m1/s1. The summed E-state index contributed by atoms with van der Waals surface area (Å²) < 4.78 is 4.37. The second kappa shape index (κ2) is 3.46. The fraction of sp³-hybridized carbons (Fsp3) is 1.00. The number of hydrogen-bond donors (Lipinski definition) is 5. The van der Waals surface area contributed by atoms with E-state index < -0.39 is 37.0 Å². The summed E-state index contributed by atoms with van der Waals surface area (Å²) in [6, 6.07) is 0. The van der Waals surface area contributed by atoms with Crippen LogP contribution in [0.25, 0.3) is 0 Å². The van der Waals surface area contributed by atoms with Gasteiger partial charge >= 0.3 is 0 Å². The van der Waals surface area contributed by atoms with Crippen molar-refractivity contribution in [1.82, 2.24) is 0 Å². The van der Waals surface area contributed by atoms with Gasteiger partial charge in [-0.05, 0) is 0 Å². The Morgan fingerprint density at radius 2 is 2.00 bits per heavy atom. The average molecular weight is 195 g/mol. The Kier molecular flexibility index (Phi) is 2.88. The minimum atomic E-state index is -3.01. The van der Waals surface area contributed by atoms with E-state index in [0.717, 1.165) is 0 Å². The van der Waals surface area contributed by atoms with E-state index in [-0.39, 0.29) is 0 Å². The van der Waals surface area contributed by atoms with Gasteiger partial charge in [-0.25, -0.2) is 0 Å². The lowest BCUT2D eigenvalue weighted by Gasteiger charge is -2.24. The monoisotopic (exact) mass is 195 g/mol. The minimum Gasteiger partial charge on any atom is -0.394 e. The first-order valence-corrected chi connectivity index (χ1v) is 3.64. The van der Waals surface area contributed by atoms with Gasteiger partial charge in [0.1, 0.15) is 12.2 Å². The molecule has 1 saturated heterocycles. The highest BCUT2D eigenvalue weighted by Gasteiger charge is 2.58. The molecular formula is C6H11O7. The molecule has 0 aromatic rings. The number of hydrogen-bond acceptors (Lipinski definition) is 6. The molecule has 7 nitrogen and oxygen atoms in total. The second-order valence-electron chi connectivity index (χ2n) is 2.89. The Morgan fingerprint density at radius 1 is 1.46 bits per heavy atom. The summed E-state index contributed by atoms with van der Waals surface area (Å²) in [5.41, 5.74) is 0. The van der Waals surface area contributed by atoms with E-state index in [1.807, 2.05) is 0 Å². The van der Waals surface area contributed by atoms with Gasteiger partial charge < -0.3 is 30.3 Å². The molecule has 1 heterocycles. The largest absolute Gasteiger partial charge is 0.394 e. The van der Waals surface area contributed by atoms with Gasteiger partial charge in [0.25, 0.3) is 5.79 Å². The van der Waals surface area contributed by atoms with E-state index in [9.17, 15) is 5.11 Å². The number of aliphatic hydroxyl groups is 5. The molecule has 0 aromatic heterocycles. The maximum Gasteiger partial charge on any atom is 0.259 e. The molecule has 1 fully saturated rings. The molecule has 1 radical (unpaired) electrons. The van der Waals surface area contributed by atoms with Gasteiger partial charge in [0.2, 0.25) is 0 Å². The first-order chi connectivity index (χ1) is 5.91. The highest BCUT2D eigenvalue weighted by molar-refractivity contribution is 4.95. The Labute approximate surface area is 73.4 Å². The number of ether oxygens (including phenoxy) is 1. The fourth-order valence-corrected chi connectivity index (χ4v) is 1.16. The Morgan fingerprint density at radius 3 is 2.31 bits per heavy atom. The number of rotatable bonds is 2. The summed E-state index contributed by atoms with van der Waals surface area (Å²) >= 11 is 0. The van der Waals surface area contributed by atoms with Crippen LogP contribution in [0.4, 0.5) is 0 Å². The van der Waals surface area contributed by atoms with Gasteiger partial charge in [-0.3, -0.25) is 0 Å². The molecular weight excluding hydrogens is 184 g/mol. The Balaban J connectivity index is 2.77. The van der Waals surface area contributed by atoms with Crippen LogP contribution in [0.5, 0.6) is 0 Å². The molecule has 7 heteroatoms. The molecule has 13 heavy (non-hydrogen) atoms. The van der Waals surface area contributed by atoms with Crippen molar-refractivity contribution in [2.75, 3.05) is 6.61 Å². The van der Waals surface area contributed by atoms with Gasteiger partial charge in [-0.15, -0.1) is 0 Å². The summed E-state index contributed by atoms with van der Waals surface area (Å²) in [6.07, 6.45) is -7.29. The normalized spacial score (nSPS) is 40.6. The van der Waals surface area contributed by atoms with Crippen LogP contribution < -0.4 is 0 Å². The predicted molar refractivity (Wildman–Crippen MR) is 35.6 cm³/mol. The van der Waals surface area contributed by atoms with Crippen LogP contribution in [-0.4, -0.2) is 62.5 Å². The van der Waals surface area contributed by atoms with E-state index in [0.29, 0.717) is 0 Å². The second-order valence-corrected chi connectivity index (χ2v) is 2.89. The summed E-state index contributed by atoms with van der Waals surface area (Å²) in [4.78, 5) is 0. The van der Waals surface area contributed by atoms with Crippen molar-refractivity contribution >= 4 is 0 Å². The van der Waals surface area contributed by atoms with Gasteiger partial charge in [0.05, 0.1) is 6.61 Å². The molecule has 5 atom stereocenters.